The highest BCUT2D eigenvalue weighted by atomic mass is 35.5. The lowest BCUT2D eigenvalue weighted by Gasteiger charge is -2.22. The van der Waals surface area contributed by atoms with Gasteiger partial charge in [0, 0.05) is 12.6 Å². The van der Waals surface area contributed by atoms with E-state index in [-0.39, 0.29) is 5.28 Å². The Morgan fingerprint density at radius 3 is 2.76 bits per heavy atom. The quantitative estimate of drug-likeness (QED) is 0.866. The second-order valence-corrected chi connectivity index (χ2v) is 6.48. The van der Waals surface area contributed by atoms with E-state index < -0.39 is 0 Å². The normalized spacial score (nSPS) is 16.8. The van der Waals surface area contributed by atoms with Gasteiger partial charge in [-0.05, 0) is 44.2 Å². The Hall–Kier alpha value is -1.36. The number of rotatable bonds is 4. The van der Waals surface area contributed by atoms with Gasteiger partial charge in [0.25, 0.3) is 0 Å². The van der Waals surface area contributed by atoms with Crippen molar-refractivity contribution in [3.63, 3.8) is 0 Å². The van der Waals surface area contributed by atoms with Gasteiger partial charge < -0.3 is 9.88 Å². The van der Waals surface area contributed by atoms with Gasteiger partial charge in [0.15, 0.2) is 17.0 Å². The molecular weight excluding hydrogens is 286 g/mol. The van der Waals surface area contributed by atoms with E-state index in [2.05, 4.69) is 34.1 Å². The van der Waals surface area contributed by atoms with Crippen LogP contribution >= 0.6 is 11.6 Å². The molecule has 2 aromatic heterocycles. The zero-order chi connectivity index (χ0) is 14.8. The zero-order valence-corrected chi connectivity index (χ0v) is 13.4. The molecule has 0 aromatic carbocycles. The molecule has 2 heterocycles. The van der Waals surface area contributed by atoms with Crippen LogP contribution in [0.2, 0.25) is 5.28 Å². The summed E-state index contributed by atoms with van der Waals surface area (Å²) >= 11 is 6.08. The van der Waals surface area contributed by atoms with E-state index in [1.165, 1.54) is 32.1 Å². The van der Waals surface area contributed by atoms with Crippen LogP contribution < -0.4 is 5.32 Å². The molecule has 1 fully saturated rings. The molecule has 21 heavy (non-hydrogen) atoms. The van der Waals surface area contributed by atoms with E-state index >= 15 is 0 Å². The fraction of sp³-hybridized carbons (Fsp3) is 0.667. The fourth-order valence-electron chi connectivity index (χ4n) is 3.02. The van der Waals surface area contributed by atoms with E-state index in [0.29, 0.717) is 6.04 Å². The van der Waals surface area contributed by atoms with Crippen LogP contribution in [0.25, 0.3) is 11.2 Å². The Morgan fingerprint density at radius 2 is 2.05 bits per heavy atom. The number of aromatic nitrogens is 4. The number of fused-ring (bicyclic) bond motifs is 1. The number of nitrogens with one attached hydrogen (secondary N) is 1. The number of halogens is 1. The summed E-state index contributed by atoms with van der Waals surface area (Å²) in [5, 5.41) is 3.71. The first kappa shape index (κ1) is 14.6. The van der Waals surface area contributed by atoms with Crippen molar-refractivity contribution >= 4 is 28.6 Å². The van der Waals surface area contributed by atoms with Gasteiger partial charge in [-0.2, -0.15) is 9.97 Å². The molecule has 1 aliphatic carbocycles. The van der Waals surface area contributed by atoms with Crippen molar-refractivity contribution in [1.29, 1.82) is 0 Å². The fourth-order valence-corrected chi connectivity index (χ4v) is 3.19. The van der Waals surface area contributed by atoms with E-state index in [1.807, 2.05) is 10.9 Å². The van der Waals surface area contributed by atoms with Crippen molar-refractivity contribution in [2.24, 2.45) is 5.92 Å². The molecule has 1 saturated carbocycles. The SMILES string of the molecule is CC(C)n1cnc2c(NCC3CCCCC3)nc(Cl)nc21. The lowest BCUT2D eigenvalue weighted by molar-refractivity contribution is 0.373. The Morgan fingerprint density at radius 1 is 1.29 bits per heavy atom. The molecule has 114 valence electrons. The highest BCUT2D eigenvalue weighted by Gasteiger charge is 2.17. The van der Waals surface area contributed by atoms with Crippen LogP contribution in [0.15, 0.2) is 6.33 Å². The van der Waals surface area contributed by atoms with E-state index in [1.54, 1.807) is 0 Å². The molecule has 0 unspecified atom stereocenters. The molecule has 0 atom stereocenters. The predicted octanol–water partition coefficient (Wildman–Crippen LogP) is 4.05. The van der Waals surface area contributed by atoms with Crippen molar-refractivity contribution < 1.29 is 0 Å². The molecule has 0 aliphatic heterocycles. The Balaban J connectivity index is 1.84. The maximum atomic E-state index is 6.08. The summed E-state index contributed by atoms with van der Waals surface area (Å²) in [6.07, 6.45) is 8.47. The summed E-state index contributed by atoms with van der Waals surface area (Å²) in [6.45, 7) is 5.15. The zero-order valence-electron chi connectivity index (χ0n) is 12.6. The van der Waals surface area contributed by atoms with Crippen molar-refractivity contribution in [2.75, 3.05) is 11.9 Å². The van der Waals surface area contributed by atoms with E-state index in [9.17, 15) is 0 Å². The molecule has 0 radical (unpaired) electrons. The van der Waals surface area contributed by atoms with Crippen molar-refractivity contribution in [3.8, 4) is 0 Å². The summed E-state index contributed by atoms with van der Waals surface area (Å²) < 4.78 is 2.02. The minimum Gasteiger partial charge on any atom is -0.368 e. The van der Waals surface area contributed by atoms with Crippen molar-refractivity contribution in [1.82, 2.24) is 19.5 Å². The molecular formula is C15H22ClN5. The van der Waals surface area contributed by atoms with Gasteiger partial charge in [0.05, 0.1) is 6.33 Å². The number of imidazole rings is 1. The average molecular weight is 308 g/mol. The summed E-state index contributed by atoms with van der Waals surface area (Å²) in [4.78, 5) is 13.1. The molecule has 1 N–H and O–H groups in total. The molecule has 1 aliphatic rings. The third-order valence-corrected chi connectivity index (χ3v) is 4.40. The van der Waals surface area contributed by atoms with Crippen molar-refractivity contribution in [3.05, 3.63) is 11.6 Å². The van der Waals surface area contributed by atoms with Crippen LogP contribution in [0, 0.1) is 5.92 Å². The Bertz CT molecular complexity index is 616. The number of anilines is 1. The van der Waals surface area contributed by atoms with Crippen LogP contribution in [0.3, 0.4) is 0 Å². The van der Waals surface area contributed by atoms with Crippen LogP contribution in [0.1, 0.15) is 52.0 Å². The smallest absolute Gasteiger partial charge is 0.226 e. The average Bonchev–Trinajstić information content (AvgIpc) is 2.89. The third kappa shape index (κ3) is 3.12. The monoisotopic (exact) mass is 307 g/mol. The summed E-state index contributed by atoms with van der Waals surface area (Å²) in [6, 6.07) is 0.298. The number of hydrogen-bond acceptors (Lipinski definition) is 4. The molecule has 2 aromatic rings. The molecule has 6 heteroatoms. The van der Waals surface area contributed by atoms with Gasteiger partial charge in [0.1, 0.15) is 0 Å². The predicted molar refractivity (Wildman–Crippen MR) is 85.8 cm³/mol. The lowest BCUT2D eigenvalue weighted by Crippen LogP contribution is -2.18. The number of nitrogens with zero attached hydrogens (tertiary/aromatic N) is 4. The molecule has 5 nitrogen and oxygen atoms in total. The first-order valence-corrected chi connectivity index (χ1v) is 8.17. The van der Waals surface area contributed by atoms with Gasteiger partial charge in [-0.25, -0.2) is 4.98 Å². The second kappa shape index (κ2) is 6.18. The van der Waals surface area contributed by atoms with Gasteiger partial charge in [-0.1, -0.05) is 19.3 Å². The topological polar surface area (TPSA) is 55.6 Å². The van der Waals surface area contributed by atoms with Crippen LogP contribution in [-0.2, 0) is 0 Å². The van der Waals surface area contributed by atoms with Crippen molar-refractivity contribution in [2.45, 2.75) is 52.0 Å². The van der Waals surface area contributed by atoms with Gasteiger partial charge in [-0.15, -0.1) is 0 Å². The molecule has 0 saturated heterocycles. The Kier molecular flexibility index (Phi) is 4.29. The molecule has 0 spiro atoms. The van der Waals surface area contributed by atoms with Crippen LogP contribution in [0.5, 0.6) is 0 Å². The summed E-state index contributed by atoms with van der Waals surface area (Å²) in [5.74, 6) is 1.49. The lowest BCUT2D eigenvalue weighted by atomic mass is 9.89. The Labute approximate surface area is 130 Å². The highest BCUT2D eigenvalue weighted by Crippen LogP contribution is 2.26. The largest absolute Gasteiger partial charge is 0.368 e. The van der Waals surface area contributed by atoms with E-state index in [4.69, 9.17) is 11.6 Å². The molecule has 0 bridgehead atoms. The maximum Gasteiger partial charge on any atom is 0.226 e. The second-order valence-electron chi connectivity index (χ2n) is 6.14. The summed E-state index contributed by atoms with van der Waals surface area (Å²) in [5.41, 5.74) is 1.61. The number of hydrogen-bond donors (Lipinski definition) is 1. The highest BCUT2D eigenvalue weighted by molar-refractivity contribution is 6.28. The first-order chi connectivity index (χ1) is 10.1. The molecule has 0 amide bonds. The van der Waals surface area contributed by atoms with Crippen LogP contribution in [0.4, 0.5) is 5.82 Å². The summed E-state index contributed by atoms with van der Waals surface area (Å²) in [7, 11) is 0. The third-order valence-electron chi connectivity index (χ3n) is 4.23. The minimum absolute atomic E-state index is 0.274. The van der Waals surface area contributed by atoms with Crippen LogP contribution in [-0.4, -0.2) is 26.1 Å². The first-order valence-electron chi connectivity index (χ1n) is 7.79. The minimum atomic E-state index is 0.274. The van der Waals surface area contributed by atoms with E-state index in [0.717, 1.165) is 29.4 Å². The van der Waals surface area contributed by atoms with Gasteiger partial charge >= 0.3 is 0 Å². The standard InChI is InChI=1S/C15H22ClN5/c1-10(2)21-9-18-12-13(19-15(16)20-14(12)21)17-8-11-6-4-3-5-7-11/h9-11H,3-8H2,1-2H3,(H,17,19,20). The molecule has 3 rings (SSSR count). The van der Waals surface area contributed by atoms with Gasteiger partial charge in [0.2, 0.25) is 5.28 Å². The van der Waals surface area contributed by atoms with Gasteiger partial charge in [-0.3, -0.25) is 0 Å². The maximum absolute atomic E-state index is 6.08.